The minimum absolute atomic E-state index is 0.448. The third-order valence-corrected chi connectivity index (χ3v) is 6.94. The average molecular weight is 286 g/mol. The summed E-state index contributed by atoms with van der Waals surface area (Å²) >= 11 is 0. The van der Waals surface area contributed by atoms with Crippen LogP contribution in [-0.4, -0.2) is 11.7 Å². The topological polar surface area (TPSA) is 36.8 Å². The number of nitrogens with two attached hydrogens (primary N) is 1. The standard InChI is InChI=1S/C19H27NO/c1-19(12-20-11-15-4-2-3-5-18(15)21)16-7-13-6-14(9-16)10-17(19)8-13/h2-5,13-14,16-17,20-21H,6-12H2,1H3/p+1. The normalized spacial score (nSPS) is 40.6. The first-order chi connectivity index (χ1) is 10.1. The van der Waals surface area contributed by atoms with Crippen LogP contribution in [0.5, 0.6) is 5.75 Å². The zero-order chi connectivity index (χ0) is 14.4. The van der Waals surface area contributed by atoms with Gasteiger partial charge in [0.2, 0.25) is 0 Å². The van der Waals surface area contributed by atoms with Crippen molar-refractivity contribution in [2.45, 2.75) is 45.6 Å². The lowest BCUT2D eigenvalue weighted by Crippen LogP contribution is -2.87. The van der Waals surface area contributed by atoms with Crippen molar-refractivity contribution >= 4 is 0 Å². The van der Waals surface area contributed by atoms with Crippen molar-refractivity contribution in [2.75, 3.05) is 6.54 Å². The molecule has 4 aliphatic carbocycles. The molecule has 5 rings (SSSR count). The second-order valence-electron chi connectivity index (χ2n) is 8.14. The zero-order valence-electron chi connectivity index (χ0n) is 13.1. The molecular formula is C19H28NO+. The highest BCUT2D eigenvalue weighted by Crippen LogP contribution is 2.61. The average Bonchev–Trinajstić information content (AvgIpc) is 2.46. The molecule has 0 radical (unpaired) electrons. The first-order valence-corrected chi connectivity index (χ1v) is 8.73. The van der Waals surface area contributed by atoms with Gasteiger partial charge in [0.25, 0.3) is 0 Å². The molecule has 1 aromatic rings. The van der Waals surface area contributed by atoms with Gasteiger partial charge < -0.3 is 10.4 Å². The molecule has 2 nitrogen and oxygen atoms in total. The molecule has 4 fully saturated rings. The molecule has 0 aromatic heterocycles. The van der Waals surface area contributed by atoms with Crippen LogP contribution in [0.3, 0.4) is 0 Å². The quantitative estimate of drug-likeness (QED) is 0.877. The van der Waals surface area contributed by atoms with Gasteiger partial charge >= 0.3 is 0 Å². The van der Waals surface area contributed by atoms with Crippen molar-refractivity contribution in [3.05, 3.63) is 29.8 Å². The molecule has 0 heterocycles. The smallest absolute Gasteiger partial charge is 0.124 e. The maximum atomic E-state index is 9.89. The lowest BCUT2D eigenvalue weighted by Gasteiger charge is -2.59. The molecule has 4 bridgehead atoms. The van der Waals surface area contributed by atoms with E-state index in [0.717, 1.165) is 35.8 Å². The summed E-state index contributed by atoms with van der Waals surface area (Å²) in [7, 11) is 0. The lowest BCUT2D eigenvalue weighted by atomic mass is 9.46. The number of hydrogen-bond donors (Lipinski definition) is 2. The van der Waals surface area contributed by atoms with Crippen LogP contribution in [0.1, 0.15) is 44.6 Å². The van der Waals surface area contributed by atoms with Crippen LogP contribution >= 0.6 is 0 Å². The van der Waals surface area contributed by atoms with Crippen molar-refractivity contribution in [1.29, 1.82) is 0 Å². The van der Waals surface area contributed by atoms with Crippen LogP contribution in [0, 0.1) is 29.1 Å². The minimum Gasteiger partial charge on any atom is -0.507 e. The summed E-state index contributed by atoms with van der Waals surface area (Å²) in [5, 5.41) is 12.3. The highest BCUT2D eigenvalue weighted by molar-refractivity contribution is 5.30. The molecular weight excluding hydrogens is 258 g/mol. The van der Waals surface area contributed by atoms with Crippen LogP contribution in [0.25, 0.3) is 0 Å². The lowest BCUT2D eigenvalue weighted by molar-refractivity contribution is -0.685. The Hall–Kier alpha value is -1.02. The summed E-state index contributed by atoms with van der Waals surface area (Å²) in [6.07, 6.45) is 7.51. The molecule has 0 aliphatic heterocycles. The van der Waals surface area contributed by atoms with Crippen molar-refractivity contribution in [1.82, 2.24) is 0 Å². The molecule has 4 saturated carbocycles. The Kier molecular flexibility index (Phi) is 3.25. The number of phenols is 1. The summed E-state index contributed by atoms with van der Waals surface area (Å²) in [5.41, 5.74) is 1.61. The molecule has 0 spiro atoms. The van der Waals surface area contributed by atoms with Gasteiger partial charge in [0.05, 0.1) is 6.54 Å². The van der Waals surface area contributed by atoms with Gasteiger partial charge in [-0.3, -0.25) is 0 Å². The minimum atomic E-state index is 0.448. The van der Waals surface area contributed by atoms with Gasteiger partial charge in [0.15, 0.2) is 0 Å². The Morgan fingerprint density at radius 3 is 2.29 bits per heavy atom. The van der Waals surface area contributed by atoms with Crippen molar-refractivity contribution in [2.24, 2.45) is 29.1 Å². The van der Waals surface area contributed by atoms with Gasteiger partial charge in [-0.25, -0.2) is 0 Å². The predicted molar refractivity (Wildman–Crippen MR) is 83.8 cm³/mol. The summed E-state index contributed by atoms with van der Waals surface area (Å²) < 4.78 is 0. The molecule has 2 heteroatoms. The Bertz CT molecular complexity index is 496. The Balaban J connectivity index is 1.41. The van der Waals surface area contributed by atoms with Crippen LogP contribution in [0.4, 0.5) is 0 Å². The number of aromatic hydroxyl groups is 1. The largest absolute Gasteiger partial charge is 0.507 e. The van der Waals surface area contributed by atoms with E-state index >= 15 is 0 Å². The summed E-state index contributed by atoms with van der Waals surface area (Å²) in [4.78, 5) is 0. The second kappa shape index (κ2) is 5.01. The monoisotopic (exact) mass is 286 g/mol. The van der Waals surface area contributed by atoms with E-state index in [-0.39, 0.29) is 0 Å². The SMILES string of the molecule is CC1(C[NH2+]Cc2ccccc2O)C2CC3CC(C2)CC1C3. The van der Waals surface area contributed by atoms with E-state index in [9.17, 15) is 5.11 Å². The first-order valence-electron chi connectivity index (χ1n) is 8.73. The van der Waals surface area contributed by atoms with Gasteiger partial charge in [0, 0.05) is 11.0 Å². The number of hydrogen-bond acceptors (Lipinski definition) is 1. The van der Waals surface area contributed by atoms with Gasteiger partial charge in [-0.2, -0.15) is 0 Å². The highest BCUT2D eigenvalue weighted by Gasteiger charge is 2.55. The molecule has 21 heavy (non-hydrogen) atoms. The number of para-hydroxylation sites is 1. The third-order valence-electron chi connectivity index (χ3n) is 6.94. The molecule has 3 N–H and O–H groups in total. The van der Waals surface area contributed by atoms with Crippen molar-refractivity contribution in [3.8, 4) is 5.75 Å². The van der Waals surface area contributed by atoms with E-state index in [1.165, 1.54) is 38.6 Å². The summed E-state index contributed by atoms with van der Waals surface area (Å²) in [6, 6.07) is 7.77. The van der Waals surface area contributed by atoms with Gasteiger partial charge in [-0.15, -0.1) is 0 Å². The maximum Gasteiger partial charge on any atom is 0.124 e. The van der Waals surface area contributed by atoms with E-state index in [0.29, 0.717) is 11.2 Å². The zero-order valence-corrected chi connectivity index (χ0v) is 13.1. The van der Waals surface area contributed by atoms with Gasteiger partial charge in [-0.1, -0.05) is 19.1 Å². The van der Waals surface area contributed by atoms with E-state index < -0.39 is 0 Å². The van der Waals surface area contributed by atoms with Crippen molar-refractivity contribution < 1.29 is 10.4 Å². The summed E-state index contributed by atoms with van der Waals surface area (Å²) in [6.45, 7) is 4.70. The maximum absolute atomic E-state index is 9.89. The molecule has 0 amide bonds. The fourth-order valence-corrected chi connectivity index (χ4v) is 5.82. The fourth-order valence-electron chi connectivity index (χ4n) is 5.82. The van der Waals surface area contributed by atoms with Crippen LogP contribution in [0.2, 0.25) is 0 Å². The number of phenolic OH excluding ortho intramolecular Hbond substituents is 1. The van der Waals surface area contributed by atoms with Gasteiger partial charge in [0.1, 0.15) is 12.3 Å². The Labute approximate surface area is 128 Å². The molecule has 0 saturated heterocycles. The second-order valence-corrected chi connectivity index (χ2v) is 8.14. The predicted octanol–water partition coefficient (Wildman–Crippen LogP) is 2.92. The van der Waals surface area contributed by atoms with E-state index in [1.54, 1.807) is 6.07 Å². The molecule has 4 aliphatic rings. The number of benzene rings is 1. The molecule has 114 valence electrons. The van der Waals surface area contributed by atoms with Crippen molar-refractivity contribution in [3.63, 3.8) is 0 Å². The number of rotatable bonds is 4. The van der Waals surface area contributed by atoms with E-state index in [2.05, 4.69) is 12.2 Å². The molecule has 1 aromatic carbocycles. The Morgan fingerprint density at radius 1 is 1.05 bits per heavy atom. The highest BCUT2D eigenvalue weighted by atomic mass is 16.3. The molecule has 0 unspecified atom stereocenters. The van der Waals surface area contributed by atoms with Crippen LogP contribution in [0.15, 0.2) is 24.3 Å². The summed E-state index contributed by atoms with van der Waals surface area (Å²) in [5.74, 6) is 4.49. The van der Waals surface area contributed by atoms with Crippen LogP contribution in [-0.2, 0) is 6.54 Å². The van der Waals surface area contributed by atoms with Gasteiger partial charge in [-0.05, 0) is 67.9 Å². The molecule has 0 atom stereocenters. The third kappa shape index (κ3) is 2.28. The Morgan fingerprint density at radius 2 is 1.67 bits per heavy atom. The van der Waals surface area contributed by atoms with E-state index in [1.807, 2.05) is 18.2 Å². The van der Waals surface area contributed by atoms with Crippen LogP contribution < -0.4 is 5.32 Å². The van der Waals surface area contributed by atoms with E-state index in [4.69, 9.17) is 0 Å². The number of quaternary nitrogens is 1. The first kappa shape index (κ1) is 13.6. The fraction of sp³-hybridized carbons (Fsp3) is 0.684.